The van der Waals surface area contributed by atoms with Crippen LogP contribution in [-0.4, -0.2) is 78.5 Å². The van der Waals surface area contributed by atoms with E-state index in [4.69, 9.17) is 19.4 Å². The maximum Gasteiger partial charge on any atom is 0.490 e. The average molecular weight is 458 g/mol. The van der Waals surface area contributed by atoms with Crippen LogP contribution in [0.5, 0.6) is 5.75 Å². The molecule has 0 saturated carbocycles. The Kier molecular flexibility index (Phi) is 8.00. The van der Waals surface area contributed by atoms with Gasteiger partial charge in [-0.3, -0.25) is 9.69 Å². The number of halogens is 3. The molecule has 3 aliphatic rings. The maximum atomic E-state index is 12.3. The summed E-state index contributed by atoms with van der Waals surface area (Å²) < 4.78 is 43.1. The minimum atomic E-state index is -5.08. The molecule has 4 rings (SSSR count). The Hall–Kier alpha value is -2.33. The third-order valence-corrected chi connectivity index (χ3v) is 6.13. The number of likely N-dealkylation sites (tertiary alicyclic amines) is 2. The van der Waals surface area contributed by atoms with E-state index < -0.39 is 12.1 Å². The van der Waals surface area contributed by atoms with Gasteiger partial charge in [0.25, 0.3) is 0 Å². The van der Waals surface area contributed by atoms with Crippen LogP contribution in [0.3, 0.4) is 0 Å². The lowest BCUT2D eigenvalue weighted by Gasteiger charge is -2.48. The van der Waals surface area contributed by atoms with Crippen molar-refractivity contribution >= 4 is 11.9 Å². The van der Waals surface area contributed by atoms with Crippen LogP contribution in [-0.2, 0) is 20.9 Å². The standard InChI is InChI=1S/C20H28N2O3.C2HF3O2/c1-24-17-8-6-15(7-9-17)12-21-13-16-4-3-11-25-20(16)18(14-21)22-10-2-5-19(22)23;3-2(4,5)1(6)7/h6-9,16,18,20H,2-5,10-14H2,1H3;(H,6,7)/t16-,18+,20-;/m0./s1. The van der Waals surface area contributed by atoms with Gasteiger partial charge < -0.3 is 19.5 Å². The van der Waals surface area contributed by atoms with Crippen molar-refractivity contribution in [2.75, 3.05) is 33.4 Å². The number of hydrogen-bond acceptors (Lipinski definition) is 5. The molecular weight excluding hydrogens is 429 g/mol. The van der Waals surface area contributed by atoms with Crippen LogP contribution < -0.4 is 4.74 Å². The number of rotatable bonds is 4. The highest BCUT2D eigenvalue weighted by atomic mass is 19.4. The van der Waals surface area contributed by atoms with Gasteiger partial charge in [0.1, 0.15) is 5.75 Å². The molecule has 178 valence electrons. The number of fused-ring (bicyclic) bond motifs is 1. The Morgan fingerprint density at radius 3 is 2.47 bits per heavy atom. The number of carbonyl (C=O) groups is 2. The van der Waals surface area contributed by atoms with Crippen LogP contribution in [0.1, 0.15) is 31.2 Å². The second-order valence-electron chi connectivity index (χ2n) is 8.34. The van der Waals surface area contributed by atoms with E-state index >= 15 is 0 Å². The first-order chi connectivity index (χ1) is 15.2. The lowest BCUT2D eigenvalue weighted by atomic mass is 9.84. The topological polar surface area (TPSA) is 79.3 Å². The Balaban J connectivity index is 0.000000360. The molecule has 0 radical (unpaired) electrons. The smallest absolute Gasteiger partial charge is 0.490 e. The van der Waals surface area contributed by atoms with E-state index in [1.165, 1.54) is 12.0 Å². The third kappa shape index (κ3) is 6.13. The number of benzene rings is 1. The Morgan fingerprint density at radius 1 is 1.22 bits per heavy atom. The van der Waals surface area contributed by atoms with Gasteiger partial charge in [-0.25, -0.2) is 4.79 Å². The number of ether oxygens (including phenoxy) is 2. The molecule has 0 aromatic heterocycles. The fourth-order valence-corrected chi connectivity index (χ4v) is 4.67. The van der Waals surface area contributed by atoms with Crippen molar-refractivity contribution in [3.63, 3.8) is 0 Å². The second-order valence-corrected chi connectivity index (χ2v) is 8.34. The van der Waals surface area contributed by atoms with Gasteiger partial charge in [0, 0.05) is 39.2 Å². The van der Waals surface area contributed by atoms with E-state index in [1.54, 1.807) is 7.11 Å². The van der Waals surface area contributed by atoms with Gasteiger partial charge in [0.05, 0.1) is 19.3 Å². The van der Waals surface area contributed by atoms with Crippen molar-refractivity contribution in [3.8, 4) is 5.75 Å². The third-order valence-electron chi connectivity index (χ3n) is 6.13. The normalized spacial score (nSPS) is 26.2. The predicted molar refractivity (Wildman–Crippen MR) is 109 cm³/mol. The SMILES string of the molecule is COc1ccc(CN2C[C@@H]3CCCO[C@@H]3[C@H](N3CCCC3=O)C2)cc1.O=C(O)C(F)(F)F. The molecular formula is C22H29F3N2O5. The van der Waals surface area contributed by atoms with Crippen molar-refractivity contribution in [3.05, 3.63) is 29.8 Å². The van der Waals surface area contributed by atoms with Gasteiger partial charge >= 0.3 is 12.1 Å². The summed E-state index contributed by atoms with van der Waals surface area (Å²) >= 11 is 0. The van der Waals surface area contributed by atoms with Gasteiger partial charge in [0.15, 0.2) is 0 Å². The highest BCUT2D eigenvalue weighted by Crippen LogP contribution is 2.33. The highest BCUT2D eigenvalue weighted by molar-refractivity contribution is 5.78. The summed E-state index contributed by atoms with van der Waals surface area (Å²) in [6.07, 6.45) is -0.819. The number of amides is 1. The average Bonchev–Trinajstić information content (AvgIpc) is 3.19. The summed E-state index contributed by atoms with van der Waals surface area (Å²) in [6, 6.07) is 8.53. The van der Waals surface area contributed by atoms with E-state index in [1.807, 2.05) is 12.1 Å². The zero-order valence-corrected chi connectivity index (χ0v) is 18.0. The van der Waals surface area contributed by atoms with Crippen molar-refractivity contribution in [2.45, 2.75) is 50.6 Å². The number of carboxylic acids is 1. The molecule has 3 saturated heterocycles. The zero-order valence-electron chi connectivity index (χ0n) is 18.0. The van der Waals surface area contributed by atoms with E-state index in [9.17, 15) is 18.0 Å². The Labute approximate surface area is 185 Å². The molecule has 32 heavy (non-hydrogen) atoms. The molecule has 1 aromatic rings. The number of carboxylic acid groups (broad SMARTS) is 1. The van der Waals surface area contributed by atoms with Gasteiger partial charge in [-0.05, 0) is 42.9 Å². The minimum absolute atomic E-state index is 0.215. The first-order valence-corrected chi connectivity index (χ1v) is 10.8. The van der Waals surface area contributed by atoms with Crippen LogP contribution in [0.15, 0.2) is 24.3 Å². The first kappa shape index (κ1) is 24.3. The summed E-state index contributed by atoms with van der Waals surface area (Å²) in [6.45, 7) is 4.64. The molecule has 0 aliphatic carbocycles. The molecule has 7 nitrogen and oxygen atoms in total. The number of methoxy groups -OCH3 is 1. The van der Waals surface area contributed by atoms with Crippen LogP contribution >= 0.6 is 0 Å². The van der Waals surface area contributed by atoms with Gasteiger partial charge in [-0.1, -0.05) is 12.1 Å². The first-order valence-electron chi connectivity index (χ1n) is 10.8. The molecule has 1 N–H and O–H groups in total. The summed E-state index contributed by atoms with van der Waals surface area (Å²) in [5.74, 6) is -1.01. The number of nitrogens with zero attached hydrogens (tertiary/aromatic N) is 2. The van der Waals surface area contributed by atoms with E-state index in [0.717, 1.165) is 51.4 Å². The molecule has 0 spiro atoms. The number of hydrogen-bond donors (Lipinski definition) is 1. The van der Waals surface area contributed by atoms with Crippen molar-refractivity contribution in [1.82, 2.24) is 9.80 Å². The predicted octanol–water partition coefficient (Wildman–Crippen LogP) is 2.93. The fraction of sp³-hybridized carbons (Fsp3) is 0.636. The lowest BCUT2D eigenvalue weighted by Crippen LogP contribution is -2.61. The Bertz CT molecular complexity index is 787. The summed E-state index contributed by atoms with van der Waals surface area (Å²) in [7, 11) is 1.69. The highest BCUT2D eigenvalue weighted by Gasteiger charge is 2.44. The van der Waals surface area contributed by atoms with E-state index in [-0.39, 0.29) is 12.1 Å². The fourth-order valence-electron chi connectivity index (χ4n) is 4.67. The van der Waals surface area contributed by atoms with Crippen LogP contribution in [0.4, 0.5) is 13.2 Å². The van der Waals surface area contributed by atoms with E-state index in [2.05, 4.69) is 21.9 Å². The lowest BCUT2D eigenvalue weighted by molar-refractivity contribution is -0.192. The van der Waals surface area contributed by atoms with Gasteiger partial charge in [0.2, 0.25) is 5.91 Å². The van der Waals surface area contributed by atoms with Gasteiger partial charge in [-0.15, -0.1) is 0 Å². The number of carbonyl (C=O) groups excluding carboxylic acids is 1. The molecule has 0 bridgehead atoms. The van der Waals surface area contributed by atoms with Gasteiger partial charge in [-0.2, -0.15) is 13.2 Å². The minimum Gasteiger partial charge on any atom is -0.497 e. The quantitative estimate of drug-likeness (QED) is 0.748. The van der Waals surface area contributed by atoms with Crippen LogP contribution in [0.25, 0.3) is 0 Å². The molecule has 0 unspecified atom stereocenters. The number of piperidine rings is 1. The molecule has 1 amide bonds. The summed E-state index contributed by atoms with van der Waals surface area (Å²) in [5, 5.41) is 7.12. The second kappa shape index (κ2) is 10.5. The molecule has 10 heteroatoms. The van der Waals surface area contributed by atoms with E-state index in [0.29, 0.717) is 18.2 Å². The Morgan fingerprint density at radius 2 is 1.91 bits per heavy atom. The number of alkyl halides is 3. The van der Waals surface area contributed by atoms with Crippen LogP contribution in [0, 0.1) is 5.92 Å². The van der Waals surface area contributed by atoms with Crippen LogP contribution in [0.2, 0.25) is 0 Å². The van der Waals surface area contributed by atoms with Crippen molar-refractivity contribution in [1.29, 1.82) is 0 Å². The molecule has 3 atom stereocenters. The van der Waals surface area contributed by atoms with Crippen molar-refractivity contribution < 1.29 is 37.3 Å². The number of aliphatic carboxylic acids is 1. The maximum absolute atomic E-state index is 12.3. The monoisotopic (exact) mass is 458 g/mol. The summed E-state index contributed by atoms with van der Waals surface area (Å²) in [5.41, 5.74) is 1.29. The molecule has 1 aromatic carbocycles. The zero-order chi connectivity index (χ0) is 23.3. The molecule has 3 heterocycles. The summed E-state index contributed by atoms with van der Waals surface area (Å²) in [4.78, 5) is 25.8. The van der Waals surface area contributed by atoms with Crippen molar-refractivity contribution in [2.24, 2.45) is 5.92 Å². The molecule has 3 fully saturated rings. The molecule has 3 aliphatic heterocycles. The largest absolute Gasteiger partial charge is 0.497 e.